The molecule has 6 heteroatoms. The van der Waals surface area contributed by atoms with Gasteiger partial charge >= 0.3 is 8.25 Å². The fourth-order valence-electron chi connectivity index (χ4n) is 6.35. The molecule has 0 amide bonds. The zero-order chi connectivity index (χ0) is 33.9. The average Bonchev–Trinajstić information content (AvgIpc) is 3.09. The maximum absolute atomic E-state index is 15.1. The highest BCUT2D eigenvalue weighted by Crippen LogP contribution is 2.34. The minimum atomic E-state index is -3.36. The second-order valence-corrected chi connectivity index (χ2v) is 21.3. The van der Waals surface area contributed by atoms with Crippen LogP contribution >= 0.6 is 8.25 Å². The summed E-state index contributed by atoms with van der Waals surface area (Å²) < 4.78 is 29.5. The largest absolute Gasteiger partial charge is 0.339 e. The summed E-state index contributed by atoms with van der Waals surface area (Å²) in [6, 6.07) is 51.1. The Labute approximate surface area is 288 Å². The molecule has 242 valence electrons. The van der Waals surface area contributed by atoms with Gasteiger partial charge in [-0.3, -0.25) is 4.57 Å². The van der Waals surface area contributed by atoms with Crippen LogP contribution in [0.25, 0.3) is 0 Å². The van der Waals surface area contributed by atoms with Crippen LogP contribution in [-0.2, 0) is 13.0 Å². The zero-order valence-electron chi connectivity index (χ0n) is 28.6. The molecule has 0 spiro atoms. The number of benzene rings is 6. The predicted octanol–water partition coefficient (Wildman–Crippen LogP) is 6.59. The number of rotatable bonds is 10. The molecule has 6 aromatic carbocycles. The van der Waals surface area contributed by atoms with Crippen LogP contribution in [0.15, 0.2) is 146 Å². The van der Waals surface area contributed by atoms with Gasteiger partial charge in [0.25, 0.3) is 16.6 Å². The lowest BCUT2D eigenvalue weighted by molar-refractivity contribution is 0.424. The molecule has 0 saturated carbocycles. The standard InChI is InChI=1S/C42H43O3PSi2/c1-31-7-19-37(20-8-31)47(38-21-9-32(2)10-22-38,39-23-11-33(3)12-24-39)44-46(43)45-48(40-25-13-34(4)14-26-40,41-27-15-35(5)16-28-41)42-29-17-36(6)18-30-42/h7-30,46H,1-6H3. The Bertz CT molecular complexity index is 1630. The third-order valence-electron chi connectivity index (χ3n) is 9.22. The monoisotopic (exact) mass is 682 g/mol. The molecule has 0 aliphatic carbocycles. The van der Waals surface area contributed by atoms with Gasteiger partial charge in [0.05, 0.1) is 0 Å². The van der Waals surface area contributed by atoms with Crippen LogP contribution in [0.2, 0.25) is 0 Å². The van der Waals surface area contributed by atoms with Gasteiger partial charge in [0, 0.05) is 0 Å². The van der Waals surface area contributed by atoms with Crippen molar-refractivity contribution in [2.45, 2.75) is 41.5 Å². The van der Waals surface area contributed by atoms with Crippen molar-refractivity contribution >= 4 is 56.0 Å². The molecule has 0 aliphatic rings. The first-order valence-electron chi connectivity index (χ1n) is 16.4. The van der Waals surface area contributed by atoms with E-state index in [2.05, 4.69) is 187 Å². The molecule has 0 N–H and O–H groups in total. The average molecular weight is 683 g/mol. The van der Waals surface area contributed by atoms with Crippen LogP contribution < -0.4 is 31.1 Å². The van der Waals surface area contributed by atoms with Crippen molar-refractivity contribution in [2.24, 2.45) is 0 Å². The summed E-state index contributed by atoms with van der Waals surface area (Å²) in [5.74, 6) is 0. The fraction of sp³-hybridized carbons (Fsp3) is 0.143. The number of hydrogen-bond acceptors (Lipinski definition) is 3. The first-order valence-corrected chi connectivity index (χ1v) is 21.5. The molecule has 6 aromatic rings. The summed E-state index contributed by atoms with van der Waals surface area (Å²) in [6.45, 7) is 12.5. The molecule has 48 heavy (non-hydrogen) atoms. The molecule has 0 aromatic heterocycles. The lowest BCUT2D eigenvalue weighted by Crippen LogP contribution is -2.70. The molecule has 3 nitrogen and oxygen atoms in total. The van der Waals surface area contributed by atoms with Crippen LogP contribution in [0, 0.1) is 41.5 Å². The van der Waals surface area contributed by atoms with E-state index in [1.165, 1.54) is 0 Å². The quantitative estimate of drug-likeness (QED) is 0.0930. The van der Waals surface area contributed by atoms with E-state index in [4.69, 9.17) is 8.43 Å². The van der Waals surface area contributed by atoms with Crippen LogP contribution in [0.1, 0.15) is 33.4 Å². The summed E-state index contributed by atoms with van der Waals surface area (Å²) in [5, 5.41) is 6.14. The van der Waals surface area contributed by atoms with Gasteiger partial charge in [-0.25, -0.2) is 0 Å². The molecule has 0 heterocycles. The zero-order valence-corrected chi connectivity index (χ0v) is 31.6. The van der Waals surface area contributed by atoms with Crippen LogP contribution in [0.3, 0.4) is 0 Å². The first kappa shape index (κ1) is 33.8. The normalized spacial score (nSPS) is 12.0. The van der Waals surface area contributed by atoms with Gasteiger partial charge in [0.1, 0.15) is 0 Å². The highest BCUT2D eigenvalue weighted by Gasteiger charge is 2.48. The Kier molecular flexibility index (Phi) is 9.98. The smallest absolute Gasteiger partial charge is 0.301 e. The molecular formula is C42H43O3PSi2. The second kappa shape index (κ2) is 14.2. The Balaban J connectivity index is 1.59. The second-order valence-electron chi connectivity index (χ2n) is 13.0. The summed E-state index contributed by atoms with van der Waals surface area (Å²) in [7, 11) is -9.88. The van der Waals surface area contributed by atoms with E-state index in [1.807, 2.05) is 0 Å². The van der Waals surface area contributed by atoms with Gasteiger partial charge in [-0.05, 0) is 72.7 Å². The summed E-state index contributed by atoms with van der Waals surface area (Å²) in [6.07, 6.45) is 0. The van der Waals surface area contributed by atoms with E-state index in [0.29, 0.717) is 0 Å². The van der Waals surface area contributed by atoms with Crippen LogP contribution in [0.5, 0.6) is 0 Å². The lowest BCUT2D eigenvalue weighted by atomic mass is 10.2. The maximum Gasteiger partial charge on any atom is 0.301 e. The van der Waals surface area contributed by atoms with Gasteiger partial charge in [0.15, 0.2) is 0 Å². The molecule has 6 rings (SSSR count). The van der Waals surface area contributed by atoms with Crippen molar-refractivity contribution in [2.75, 3.05) is 0 Å². The topological polar surface area (TPSA) is 35.5 Å². The fourth-order valence-corrected chi connectivity index (χ4v) is 17.5. The van der Waals surface area contributed by atoms with Gasteiger partial charge < -0.3 is 8.43 Å². The molecular weight excluding hydrogens is 640 g/mol. The van der Waals surface area contributed by atoms with Crippen LogP contribution in [0.4, 0.5) is 0 Å². The van der Waals surface area contributed by atoms with Gasteiger partial charge in [-0.2, -0.15) is 0 Å². The Hall–Kier alpha value is -4.10. The Morgan fingerprint density at radius 2 is 0.458 bits per heavy atom. The minimum absolute atomic E-state index is 1.02. The lowest BCUT2D eigenvalue weighted by Gasteiger charge is -2.36. The summed E-state index contributed by atoms with van der Waals surface area (Å²) >= 11 is 0. The van der Waals surface area contributed by atoms with Crippen molar-refractivity contribution in [1.29, 1.82) is 0 Å². The highest BCUT2D eigenvalue weighted by atomic mass is 31.1. The summed E-state index contributed by atoms with van der Waals surface area (Å²) in [4.78, 5) is 0. The van der Waals surface area contributed by atoms with E-state index >= 15 is 4.57 Å². The molecule has 0 unspecified atom stereocenters. The van der Waals surface area contributed by atoms with E-state index in [-0.39, 0.29) is 0 Å². The molecule has 0 saturated heterocycles. The van der Waals surface area contributed by atoms with E-state index in [1.54, 1.807) is 0 Å². The van der Waals surface area contributed by atoms with Crippen molar-refractivity contribution in [3.63, 3.8) is 0 Å². The summed E-state index contributed by atoms with van der Waals surface area (Å²) in [5.41, 5.74) is 6.93. The van der Waals surface area contributed by atoms with Gasteiger partial charge in [-0.15, -0.1) is 0 Å². The highest BCUT2D eigenvalue weighted by molar-refractivity contribution is 7.41. The van der Waals surface area contributed by atoms with Crippen molar-refractivity contribution in [3.05, 3.63) is 179 Å². The minimum Gasteiger partial charge on any atom is -0.339 e. The molecule has 0 atom stereocenters. The third kappa shape index (κ3) is 6.75. The van der Waals surface area contributed by atoms with Crippen LogP contribution in [-0.4, -0.2) is 16.6 Å². The predicted molar refractivity (Wildman–Crippen MR) is 208 cm³/mol. The number of aryl methyl sites for hydroxylation is 6. The van der Waals surface area contributed by atoms with E-state index < -0.39 is 24.9 Å². The molecule has 0 fully saturated rings. The van der Waals surface area contributed by atoms with E-state index in [0.717, 1.165) is 64.5 Å². The first-order chi connectivity index (χ1) is 23.1. The van der Waals surface area contributed by atoms with Gasteiger partial charge in [0.2, 0.25) is 0 Å². The van der Waals surface area contributed by atoms with Crippen molar-refractivity contribution in [3.8, 4) is 0 Å². The van der Waals surface area contributed by atoms with Crippen molar-refractivity contribution in [1.82, 2.24) is 0 Å². The molecule has 0 bridgehead atoms. The molecule has 0 radical (unpaired) electrons. The SMILES string of the molecule is Cc1ccc([Si](O[PH](=O)O[Si](c2ccc(C)cc2)(c2ccc(C)cc2)c2ccc(C)cc2)(c2ccc(C)cc2)c2ccc(C)cc2)cc1. The maximum atomic E-state index is 15.1. The Morgan fingerprint density at radius 3 is 0.604 bits per heavy atom. The third-order valence-corrected chi connectivity index (χ3v) is 19.9. The van der Waals surface area contributed by atoms with Crippen molar-refractivity contribution < 1.29 is 13.0 Å². The van der Waals surface area contributed by atoms with E-state index in [9.17, 15) is 0 Å². The molecule has 0 aliphatic heterocycles. The van der Waals surface area contributed by atoms with Gasteiger partial charge in [-0.1, -0.05) is 179 Å². The Morgan fingerprint density at radius 1 is 0.312 bits per heavy atom. The number of hydrogen-bond donors (Lipinski definition) is 0.